The van der Waals surface area contributed by atoms with Crippen LogP contribution in [0, 0.1) is 0 Å². The summed E-state index contributed by atoms with van der Waals surface area (Å²) >= 11 is 0. The number of aromatic nitrogens is 1. The molecule has 0 bridgehead atoms. The molecule has 0 radical (unpaired) electrons. The number of nitrogens with two attached hydrogens (primary N) is 1. The predicted octanol–water partition coefficient (Wildman–Crippen LogP) is 0.424. The van der Waals surface area contributed by atoms with Crippen molar-refractivity contribution < 1.29 is 4.42 Å². The largest absolute Gasteiger partial charge is 0.419 e. The summed E-state index contributed by atoms with van der Waals surface area (Å²) in [7, 11) is 2.13. The van der Waals surface area contributed by atoms with Gasteiger partial charge in [0.15, 0.2) is 5.58 Å². The van der Waals surface area contributed by atoms with Gasteiger partial charge in [0.05, 0.1) is 5.52 Å². The Morgan fingerprint density at radius 2 is 1.95 bits per heavy atom. The molecule has 1 saturated heterocycles. The molecule has 0 amide bonds. The Hall–Kier alpha value is -1.79. The van der Waals surface area contributed by atoms with E-state index in [1.54, 1.807) is 22.8 Å². The monoisotopic (exact) mass is 276 g/mol. The molecule has 0 saturated carbocycles. The third-order valence-corrected chi connectivity index (χ3v) is 3.93. The van der Waals surface area contributed by atoms with Crippen molar-refractivity contribution in [3.63, 3.8) is 0 Å². The molecule has 108 valence electrons. The van der Waals surface area contributed by atoms with Crippen LogP contribution in [-0.4, -0.2) is 54.1 Å². The second-order valence-electron chi connectivity index (χ2n) is 5.39. The van der Waals surface area contributed by atoms with Gasteiger partial charge in [0.25, 0.3) is 0 Å². The summed E-state index contributed by atoms with van der Waals surface area (Å²) in [5.74, 6) is -0.306. The van der Waals surface area contributed by atoms with Gasteiger partial charge in [0, 0.05) is 45.0 Å². The van der Waals surface area contributed by atoms with Gasteiger partial charge in [0.2, 0.25) is 0 Å². The predicted molar refractivity (Wildman–Crippen MR) is 78.8 cm³/mol. The van der Waals surface area contributed by atoms with Crippen molar-refractivity contribution in [1.82, 2.24) is 14.4 Å². The number of fused-ring (bicyclic) bond motifs is 1. The smallest absolute Gasteiger partial charge is 0.408 e. The summed E-state index contributed by atoms with van der Waals surface area (Å²) in [5, 5.41) is 0. The molecule has 0 spiro atoms. The maximum absolute atomic E-state index is 11.9. The van der Waals surface area contributed by atoms with E-state index in [-0.39, 0.29) is 5.76 Å². The fourth-order valence-electron chi connectivity index (χ4n) is 2.60. The molecule has 20 heavy (non-hydrogen) atoms. The first kappa shape index (κ1) is 13.2. The van der Waals surface area contributed by atoms with Crippen LogP contribution >= 0.6 is 0 Å². The van der Waals surface area contributed by atoms with Crippen LogP contribution in [-0.2, 0) is 6.54 Å². The molecular formula is C14H20N4O2. The van der Waals surface area contributed by atoms with Crippen molar-refractivity contribution in [3.8, 4) is 0 Å². The van der Waals surface area contributed by atoms with Crippen LogP contribution in [0.15, 0.2) is 27.4 Å². The summed E-state index contributed by atoms with van der Waals surface area (Å²) < 4.78 is 6.91. The number of nitrogen functional groups attached to an aromatic ring is 1. The van der Waals surface area contributed by atoms with Crippen molar-refractivity contribution in [2.75, 3.05) is 45.5 Å². The summed E-state index contributed by atoms with van der Waals surface area (Å²) in [4.78, 5) is 16.6. The molecular weight excluding hydrogens is 256 g/mol. The second kappa shape index (κ2) is 5.30. The van der Waals surface area contributed by atoms with E-state index in [2.05, 4.69) is 16.8 Å². The van der Waals surface area contributed by atoms with Crippen LogP contribution in [0.3, 0.4) is 0 Å². The molecule has 0 unspecified atom stereocenters. The summed E-state index contributed by atoms with van der Waals surface area (Å²) in [6.07, 6.45) is 0. The van der Waals surface area contributed by atoms with Gasteiger partial charge in [0.1, 0.15) is 0 Å². The molecule has 1 fully saturated rings. The lowest BCUT2D eigenvalue weighted by atomic mass is 10.3. The van der Waals surface area contributed by atoms with Crippen LogP contribution in [0.1, 0.15) is 0 Å². The highest BCUT2D eigenvalue weighted by molar-refractivity contribution is 5.76. The first-order chi connectivity index (χ1) is 9.63. The van der Waals surface area contributed by atoms with Gasteiger partial charge in [-0.1, -0.05) is 0 Å². The van der Waals surface area contributed by atoms with Gasteiger partial charge in [-0.25, -0.2) is 4.79 Å². The number of hydrogen-bond acceptors (Lipinski definition) is 5. The Labute approximate surface area is 117 Å². The van der Waals surface area contributed by atoms with Gasteiger partial charge in [-0.3, -0.25) is 9.47 Å². The molecule has 1 aromatic heterocycles. The molecule has 2 aromatic rings. The van der Waals surface area contributed by atoms with Crippen LogP contribution in [0.2, 0.25) is 0 Å². The van der Waals surface area contributed by atoms with E-state index in [9.17, 15) is 4.79 Å². The Balaban J connectivity index is 1.75. The third kappa shape index (κ3) is 2.57. The second-order valence-corrected chi connectivity index (χ2v) is 5.39. The quantitative estimate of drug-likeness (QED) is 0.823. The Morgan fingerprint density at radius 3 is 2.70 bits per heavy atom. The number of likely N-dealkylation sites (N-methyl/N-ethyl adjacent to an activating group) is 1. The minimum atomic E-state index is -0.306. The van der Waals surface area contributed by atoms with Crippen LogP contribution in [0.25, 0.3) is 11.1 Å². The minimum Gasteiger partial charge on any atom is -0.408 e. The molecule has 2 heterocycles. The molecule has 0 atom stereocenters. The Bertz CT molecular complexity index is 653. The molecule has 1 aliphatic heterocycles. The Kier molecular flexibility index (Phi) is 3.50. The number of oxazole rings is 1. The molecule has 3 rings (SSSR count). The van der Waals surface area contributed by atoms with Crippen molar-refractivity contribution in [2.45, 2.75) is 6.54 Å². The maximum atomic E-state index is 11.9. The van der Waals surface area contributed by atoms with Crippen molar-refractivity contribution in [1.29, 1.82) is 0 Å². The summed E-state index contributed by atoms with van der Waals surface area (Å²) in [6, 6.07) is 5.29. The topological polar surface area (TPSA) is 67.6 Å². The number of nitrogens with zero attached hydrogens (tertiary/aromatic N) is 3. The van der Waals surface area contributed by atoms with Gasteiger partial charge >= 0.3 is 5.76 Å². The lowest BCUT2D eigenvalue weighted by molar-refractivity contribution is 0.149. The average Bonchev–Trinajstić information content (AvgIpc) is 2.73. The van der Waals surface area contributed by atoms with Gasteiger partial charge in [-0.15, -0.1) is 0 Å². The number of rotatable bonds is 3. The third-order valence-electron chi connectivity index (χ3n) is 3.93. The average molecular weight is 276 g/mol. The SMILES string of the molecule is CN1CCN(CCn2c(=O)oc3ccc(N)cc32)CC1. The van der Waals surface area contributed by atoms with Crippen LogP contribution in [0.5, 0.6) is 0 Å². The zero-order valence-electron chi connectivity index (χ0n) is 11.7. The van der Waals surface area contributed by atoms with Crippen molar-refractivity contribution in [3.05, 3.63) is 28.7 Å². The fraction of sp³-hybridized carbons (Fsp3) is 0.500. The van der Waals surface area contributed by atoms with Gasteiger partial charge < -0.3 is 15.1 Å². The highest BCUT2D eigenvalue weighted by Crippen LogP contribution is 2.16. The van der Waals surface area contributed by atoms with Crippen LogP contribution in [0.4, 0.5) is 5.69 Å². The fourth-order valence-corrected chi connectivity index (χ4v) is 2.60. The first-order valence-corrected chi connectivity index (χ1v) is 6.93. The number of benzene rings is 1. The summed E-state index contributed by atoms with van der Waals surface area (Å²) in [6.45, 7) is 5.74. The standard InChI is InChI=1S/C14H20N4O2/c1-16-4-6-17(7-5-16)8-9-18-12-10-11(15)2-3-13(12)20-14(18)19/h2-3,10H,4-9,15H2,1H3. The van der Waals surface area contributed by atoms with Gasteiger partial charge in [-0.05, 0) is 25.2 Å². The van der Waals surface area contributed by atoms with Crippen molar-refractivity contribution in [2.24, 2.45) is 0 Å². The van der Waals surface area contributed by atoms with E-state index in [4.69, 9.17) is 10.2 Å². The normalized spacial score (nSPS) is 17.9. The van der Waals surface area contributed by atoms with Crippen LogP contribution < -0.4 is 11.5 Å². The number of hydrogen-bond donors (Lipinski definition) is 1. The maximum Gasteiger partial charge on any atom is 0.419 e. The molecule has 6 nitrogen and oxygen atoms in total. The highest BCUT2D eigenvalue weighted by Gasteiger charge is 2.15. The number of anilines is 1. The molecule has 1 aliphatic rings. The number of piperazine rings is 1. The van der Waals surface area contributed by atoms with E-state index in [1.165, 1.54) is 0 Å². The van der Waals surface area contributed by atoms with Gasteiger partial charge in [-0.2, -0.15) is 0 Å². The van der Waals surface area contributed by atoms with E-state index in [1.807, 2.05) is 0 Å². The van der Waals surface area contributed by atoms with E-state index in [0.717, 1.165) is 38.2 Å². The molecule has 6 heteroatoms. The highest BCUT2D eigenvalue weighted by atomic mass is 16.4. The first-order valence-electron chi connectivity index (χ1n) is 6.93. The molecule has 0 aliphatic carbocycles. The molecule has 1 aromatic carbocycles. The lowest BCUT2D eigenvalue weighted by Gasteiger charge is -2.32. The Morgan fingerprint density at radius 1 is 1.20 bits per heavy atom. The van der Waals surface area contributed by atoms with E-state index < -0.39 is 0 Å². The zero-order chi connectivity index (χ0) is 14.1. The lowest BCUT2D eigenvalue weighted by Crippen LogP contribution is -2.45. The minimum absolute atomic E-state index is 0.306. The van der Waals surface area contributed by atoms with E-state index >= 15 is 0 Å². The molecule has 2 N–H and O–H groups in total. The zero-order valence-corrected chi connectivity index (χ0v) is 11.7. The van der Waals surface area contributed by atoms with Crippen molar-refractivity contribution >= 4 is 16.8 Å². The van der Waals surface area contributed by atoms with E-state index in [0.29, 0.717) is 17.8 Å². The summed E-state index contributed by atoms with van der Waals surface area (Å²) in [5.41, 5.74) is 7.81.